The van der Waals surface area contributed by atoms with E-state index in [4.69, 9.17) is 121 Å². The highest BCUT2D eigenvalue weighted by molar-refractivity contribution is 9.10. The Hall–Kier alpha value is -11.8. The highest BCUT2D eigenvalue weighted by Gasteiger charge is 2.13. The summed E-state index contributed by atoms with van der Waals surface area (Å²) >= 11 is 66.1. The van der Waals surface area contributed by atoms with Gasteiger partial charge in [0, 0.05) is 105 Å². The lowest BCUT2D eigenvalue weighted by Gasteiger charge is -2.02. The fourth-order valence-electron chi connectivity index (χ4n) is 11.9. The fourth-order valence-corrected chi connectivity index (χ4v) is 14.9. The Bertz CT molecular complexity index is 6750. The van der Waals surface area contributed by atoms with Crippen molar-refractivity contribution in [1.82, 2.24) is 0 Å². The Labute approximate surface area is 847 Å². The van der Waals surface area contributed by atoms with Gasteiger partial charge >= 0.3 is 0 Å². The summed E-state index contributed by atoms with van der Waals surface area (Å²) in [5.74, 6) is 0.581. The van der Waals surface area contributed by atoms with Gasteiger partial charge in [-0.05, 0) is 293 Å². The predicted octanol–water partition coefficient (Wildman–Crippen LogP) is 34.4. The molecule has 0 aromatic heterocycles. The monoisotopic (exact) mass is 2100 g/mol. The Morgan fingerprint density at radius 1 is 0.261 bits per heavy atom. The van der Waals surface area contributed by atoms with Crippen LogP contribution in [0.1, 0.15) is 145 Å². The van der Waals surface area contributed by atoms with Gasteiger partial charge in [0.25, 0.3) is 0 Å². The highest BCUT2D eigenvalue weighted by Crippen LogP contribution is 2.31. The van der Waals surface area contributed by atoms with Gasteiger partial charge in [0.15, 0.2) is 40.5 Å². The standard InChI is InChI=1S/2C16H13BrO2.C16H12Cl2O2.4C16H12Cl2O/c1-11-2-4-12(5-3-11)15(18)8-6-13-10-14(17)7-9-16(13)19;1-11-3-2-4-12(9-11)15(18)7-5-13-10-14(17)6-8-16(13)19;1-20-14-7-3-12(4-8-14)16(19)9-5-11-2-6-13(17)10-15(11)18;1-11-5-2-3-6-12(11)16(19)10-9-13-14(17)7-4-8-15(13)18;1-11-3-2-4-13(9-11)16(19)8-6-12-5-7-14(17)10-15(12)18;1-11-4-2-3-5-14(11)16(19)9-7-12-6-8-13(17)10-15(12)18;1-11-4-2-3-5-13(11)16(19)9-7-12-6-8-14(17)15(18)10-12/h2*2-10,19H,1H3;2-10H,1H3;4*2-10H,1H3. The molecule has 0 aliphatic heterocycles. The lowest BCUT2D eigenvalue weighted by Crippen LogP contribution is -1.97. The van der Waals surface area contributed by atoms with E-state index in [0.29, 0.717) is 112 Å². The topological polar surface area (TPSA) is 169 Å². The van der Waals surface area contributed by atoms with Gasteiger partial charge in [-0.2, -0.15) is 0 Å². The number of phenolic OH excluding ortho intramolecular Hbond substituents is 2. The number of carbonyl (C=O) groups excluding carboxylic acids is 7. The fraction of sp³-hybridized carbons (Fsp3) is 0.0625. The molecule has 0 amide bonds. The molecule has 678 valence electrons. The second-order valence-electron chi connectivity index (χ2n) is 29.4. The van der Waals surface area contributed by atoms with Crippen molar-refractivity contribution in [3.63, 3.8) is 0 Å². The van der Waals surface area contributed by atoms with Gasteiger partial charge in [-0.1, -0.05) is 334 Å². The van der Waals surface area contributed by atoms with E-state index in [-0.39, 0.29) is 52.0 Å². The maximum atomic E-state index is 12.1. The lowest BCUT2D eigenvalue weighted by molar-refractivity contribution is 0.103. The van der Waals surface area contributed by atoms with E-state index in [2.05, 4.69) is 31.9 Å². The molecule has 2 N–H and O–H groups in total. The summed E-state index contributed by atoms with van der Waals surface area (Å²) in [4.78, 5) is 84.1. The number of hydrogen-bond donors (Lipinski definition) is 2. The minimum atomic E-state index is -0.0985. The molecule has 0 spiro atoms. The summed E-state index contributed by atoms with van der Waals surface area (Å²) in [7, 11) is 1.58. The highest BCUT2D eigenvalue weighted by atomic mass is 79.9. The zero-order valence-electron chi connectivity index (χ0n) is 73.1. The van der Waals surface area contributed by atoms with Gasteiger partial charge in [-0.25, -0.2) is 0 Å². The van der Waals surface area contributed by atoms with Crippen LogP contribution in [0, 0.1) is 41.5 Å². The van der Waals surface area contributed by atoms with Crippen LogP contribution < -0.4 is 4.74 Å². The number of aryl methyl sites for hydroxylation is 6. The molecular formula is C112H86Br2Cl10O10. The third-order valence-corrected chi connectivity index (χ3v) is 23.3. The van der Waals surface area contributed by atoms with Crippen molar-refractivity contribution in [3.8, 4) is 17.2 Å². The SMILES string of the molecule is COc1ccc(C(=O)C=Cc2ccc(Cl)cc2Cl)cc1.Cc1ccc(C(=O)C=Cc2cc(Br)ccc2O)cc1.Cc1cccc(C(=O)C=Cc2cc(Br)ccc2O)c1.Cc1cccc(C(=O)C=Cc2ccc(Cl)cc2Cl)c1.Cc1ccccc1C(=O)C=Cc1c(Cl)cccc1Cl.Cc1ccccc1C(=O)C=Cc1ccc(Cl)c(Cl)c1.Cc1ccccc1C(=O)C=Cc1ccc(Cl)cc1Cl. The van der Waals surface area contributed by atoms with Gasteiger partial charge < -0.3 is 14.9 Å². The van der Waals surface area contributed by atoms with Crippen molar-refractivity contribution < 1.29 is 48.5 Å². The second kappa shape index (κ2) is 55.2. The van der Waals surface area contributed by atoms with Gasteiger partial charge in [0.2, 0.25) is 0 Å². The molecule has 0 saturated carbocycles. The number of hydrogen-bond acceptors (Lipinski definition) is 10. The Kier molecular flexibility index (Phi) is 44.3. The zero-order valence-corrected chi connectivity index (χ0v) is 83.8. The minimum Gasteiger partial charge on any atom is -0.507 e. The van der Waals surface area contributed by atoms with E-state index < -0.39 is 0 Å². The van der Waals surface area contributed by atoms with Crippen molar-refractivity contribution in [2.75, 3.05) is 7.11 Å². The molecule has 10 nitrogen and oxygen atoms in total. The van der Waals surface area contributed by atoms with Gasteiger partial charge in [0.05, 0.1) is 17.2 Å². The number of phenols is 2. The van der Waals surface area contributed by atoms with Gasteiger partial charge in [-0.15, -0.1) is 0 Å². The first-order chi connectivity index (χ1) is 64.0. The molecule has 0 aliphatic rings. The number of ether oxygens (including phenoxy) is 1. The number of halogens is 12. The summed E-state index contributed by atoms with van der Waals surface area (Å²) in [6.07, 6.45) is 22.2. The van der Waals surface area contributed by atoms with Gasteiger partial charge in [-0.3, -0.25) is 33.6 Å². The summed E-state index contributed by atoms with van der Waals surface area (Å²) in [5.41, 5.74) is 15.7. The normalized spacial score (nSPS) is 10.9. The number of methoxy groups -OCH3 is 1. The van der Waals surface area contributed by atoms with E-state index in [1.807, 2.05) is 163 Å². The third-order valence-electron chi connectivity index (χ3n) is 19.3. The van der Waals surface area contributed by atoms with E-state index in [0.717, 1.165) is 64.6 Å². The summed E-state index contributed by atoms with van der Waals surface area (Å²) in [6.45, 7) is 11.6. The van der Waals surface area contributed by atoms with Gasteiger partial charge in [0.1, 0.15) is 17.2 Å². The largest absolute Gasteiger partial charge is 0.507 e. The van der Waals surface area contributed by atoms with Crippen LogP contribution in [-0.4, -0.2) is 57.8 Å². The van der Waals surface area contributed by atoms with Crippen molar-refractivity contribution in [1.29, 1.82) is 0 Å². The summed E-state index contributed by atoms with van der Waals surface area (Å²) in [5, 5.41) is 24.7. The second-order valence-corrected chi connectivity index (χ2v) is 35.4. The van der Waals surface area contributed by atoms with Crippen molar-refractivity contribution in [2.45, 2.75) is 41.5 Å². The molecule has 0 atom stereocenters. The number of ketones is 7. The molecule has 22 heteroatoms. The molecule has 0 bridgehead atoms. The molecule has 0 fully saturated rings. The van der Waals surface area contributed by atoms with E-state index in [9.17, 15) is 43.8 Å². The molecule has 134 heavy (non-hydrogen) atoms. The molecule has 0 unspecified atom stereocenters. The van der Waals surface area contributed by atoms with Crippen LogP contribution >= 0.6 is 148 Å². The minimum absolute atomic E-state index is 0.0239. The van der Waals surface area contributed by atoms with Crippen LogP contribution in [-0.2, 0) is 0 Å². The van der Waals surface area contributed by atoms with E-state index in [1.54, 1.807) is 232 Å². The molecule has 0 saturated heterocycles. The van der Waals surface area contributed by atoms with Crippen molar-refractivity contribution in [3.05, 3.63) is 510 Å². The Morgan fingerprint density at radius 2 is 0.597 bits per heavy atom. The van der Waals surface area contributed by atoms with Crippen LogP contribution in [0.15, 0.2) is 349 Å². The summed E-state index contributed by atoms with van der Waals surface area (Å²) < 4.78 is 6.75. The van der Waals surface area contributed by atoms with Crippen molar-refractivity contribution in [2.24, 2.45) is 0 Å². The smallest absolute Gasteiger partial charge is 0.186 e. The van der Waals surface area contributed by atoms with E-state index >= 15 is 0 Å². The number of rotatable bonds is 22. The number of carbonyl (C=O) groups is 7. The number of benzene rings is 14. The van der Waals surface area contributed by atoms with Crippen LogP contribution in [0.3, 0.4) is 0 Å². The maximum Gasteiger partial charge on any atom is 0.186 e. The van der Waals surface area contributed by atoms with Crippen LogP contribution in [0.5, 0.6) is 17.2 Å². The van der Waals surface area contributed by atoms with Crippen LogP contribution in [0.4, 0.5) is 0 Å². The van der Waals surface area contributed by atoms with Crippen LogP contribution in [0.25, 0.3) is 42.5 Å². The molecule has 0 aliphatic carbocycles. The number of aromatic hydroxyl groups is 2. The lowest BCUT2D eigenvalue weighted by atomic mass is 10.0. The zero-order chi connectivity index (χ0) is 97.5. The first kappa shape index (κ1) is 108. The molecule has 0 radical (unpaired) electrons. The molecular weight excluding hydrogens is 2020 g/mol. The third kappa shape index (κ3) is 35.9. The average molecular weight is 2110 g/mol. The average Bonchev–Trinajstić information content (AvgIpc) is 0.872. The Balaban J connectivity index is 0.000000192. The molecule has 14 aromatic rings. The summed E-state index contributed by atoms with van der Waals surface area (Å²) in [6, 6.07) is 87.8. The maximum absolute atomic E-state index is 12.1. The molecule has 0 heterocycles. The Morgan fingerprint density at radius 3 is 0.955 bits per heavy atom. The quantitative estimate of drug-likeness (QED) is 0.0492. The number of allylic oxidation sites excluding steroid dienone is 7. The predicted molar refractivity (Wildman–Crippen MR) is 568 cm³/mol. The first-order valence-electron chi connectivity index (χ1n) is 40.8. The van der Waals surface area contributed by atoms with Crippen molar-refractivity contribution >= 4 is 231 Å². The molecule has 14 rings (SSSR count). The molecule has 14 aromatic carbocycles. The van der Waals surface area contributed by atoms with Crippen LogP contribution in [0.2, 0.25) is 50.2 Å². The van der Waals surface area contributed by atoms with E-state index in [1.165, 1.54) is 36.5 Å². The first-order valence-corrected chi connectivity index (χ1v) is 46.2.